The lowest BCUT2D eigenvalue weighted by molar-refractivity contribution is -0.144. The Morgan fingerprint density at radius 2 is 1.89 bits per heavy atom. The van der Waals surface area contributed by atoms with E-state index < -0.39 is 17.4 Å². The molecule has 1 rings (SSSR count). The second-order valence-corrected chi connectivity index (χ2v) is 7.10. The molecule has 19 heavy (non-hydrogen) atoms. The van der Waals surface area contributed by atoms with Gasteiger partial charge >= 0.3 is 11.9 Å². The topological polar surface area (TPSA) is 63.6 Å². The van der Waals surface area contributed by atoms with Crippen LogP contribution in [0.4, 0.5) is 0 Å². The lowest BCUT2D eigenvalue weighted by atomic mass is 9.91. The molecule has 0 spiro atoms. The van der Waals surface area contributed by atoms with Crippen molar-refractivity contribution in [3.8, 4) is 5.75 Å². The van der Waals surface area contributed by atoms with Gasteiger partial charge in [-0.05, 0) is 77.6 Å². The van der Waals surface area contributed by atoms with Crippen LogP contribution in [0.25, 0.3) is 0 Å². The van der Waals surface area contributed by atoms with Crippen LogP contribution in [0, 0.1) is 12.6 Å². The number of esters is 1. The van der Waals surface area contributed by atoms with E-state index in [-0.39, 0.29) is 11.3 Å². The zero-order valence-electron chi connectivity index (χ0n) is 10.8. The first-order valence-electron chi connectivity index (χ1n) is 5.63. The molecule has 0 aromatic heterocycles. The maximum Gasteiger partial charge on any atom is 0.339 e. The largest absolute Gasteiger partial charge is 0.478 e. The highest BCUT2D eigenvalue weighted by molar-refractivity contribution is 14.1. The van der Waals surface area contributed by atoms with E-state index in [0.717, 1.165) is 3.57 Å². The molecule has 0 aliphatic rings. The third-order valence-corrected chi connectivity index (χ3v) is 4.29. The predicted molar refractivity (Wildman–Crippen MR) is 88.5 cm³/mol. The van der Waals surface area contributed by atoms with Crippen LogP contribution in [0.5, 0.6) is 5.75 Å². The van der Waals surface area contributed by atoms with Gasteiger partial charge in [0.1, 0.15) is 5.56 Å². The third-order valence-electron chi connectivity index (χ3n) is 2.87. The molecule has 0 aliphatic carbocycles. The van der Waals surface area contributed by atoms with Crippen molar-refractivity contribution in [1.82, 2.24) is 0 Å². The lowest BCUT2D eigenvalue weighted by Crippen LogP contribution is -2.29. The van der Waals surface area contributed by atoms with E-state index in [2.05, 4.69) is 0 Å². The summed E-state index contributed by atoms with van der Waals surface area (Å²) in [6.07, 6.45) is 0.620. The van der Waals surface area contributed by atoms with Crippen molar-refractivity contribution in [1.29, 1.82) is 0 Å². The number of carboxylic acid groups (broad SMARTS) is 1. The van der Waals surface area contributed by atoms with E-state index in [1.165, 1.54) is 6.07 Å². The monoisotopic (exact) mass is 488 g/mol. The second-order valence-electron chi connectivity index (χ2n) is 4.70. The molecule has 0 unspecified atom stereocenters. The van der Waals surface area contributed by atoms with Gasteiger partial charge in [-0.15, -0.1) is 0 Å². The molecule has 4 nitrogen and oxygen atoms in total. The zero-order valence-corrected chi connectivity index (χ0v) is 15.1. The van der Waals surface area contributed by atoms with Crippen LogP contribution in [0.2, 0.25) is 0 Å². The minimum Gasteiger partial charge on any atom is -0.478 e. The molecular weight excluding hydrogens is 474 g/mol. The summed E-state index contributed by atoms with van der Waals surface area (Å²) in [4.78, 5) is 23.3. The summed E-state index contributed by atoms with van der Waals surface area (Å²) in [5, 5.41) is 9.19. The number of hydrogen-bond donors (Lipinski definition) is 1. The standard InChI is InChI=1S/C13H14I2O4/c1-4-13(2,3)12(18)19-10-8(11(16)17)5-7(14)6-9(10)15/h5-6H,4H2,1-3H3,(H,16,17). The average molecular weight is 488 g/mol. The quantitative estimate of drug-likeness (QED) is 0.397. The molecule has 0 radical (unpaired) electrons. The van der Waals surface area contributed by atoms with E-state index >= 15 is 0 Å². The summed E-state index contributed by atoms with van der Waals surface area (Å²) in [6.45, 7) is 5.43. The van der Waals surface area contributed by atoms with Gasteiger partial charge in [0.2, 0.25) is 0 Å². The van der Waals surface area contributed by atoms with Gasteiger partial charge in [-0.2, -0.15) is 0 Å². The van der Waals surface area contributed by atoms with Gasteiger partial charge in [0.25, 0.3) is 0 Å². The van der Waals surface area contributed by atoms with E-state index in [9.17, 15) is 14.7 Å². The second kappa shape index (κ2) is 6.38. The number of rotatable bonds is 4. The van der Waals surface area contributed by atoms with Gasteiger partial charge in [0.05, 0.1) is 8.99 Å². The minimum atomic E-state index is -1.10. The third kappa shape index (κ3) is 4.04. The molecule has 1 aromatic rings. The summed E-state index contributed by atoms with van der Waals surface area (Å²) >= 11 is 4.00. The Labute approximate surface area is 139 Å². The smallest absolute Gasteiger partial charge is 0.339 e. The van der Waals surface area contributed by atoms with E-state index in [1.807, 2.05) is 52.1 Å². The molecule has 0 saturated heterocycles. The fourth-order valence-electron chi connectivity index (χ4n) is 1.20. The highest BCUT2D eigenvalue weighted by Gasteiger charge is 2.30. The predicted octanol–water partition coefficient (Wildman–Crippen LogP) is 3.94. The van der Waals surface area contributed by atoms with Gasteiger partial charge in [0.15, 0.2) is 5.75 Å². The average Bonchev–Trinajstić information content (AvgIpc) is 2.31. The first kappa shape index (κ1) is 16.7. The number of hydrogen-bond acceptors (Lipinski definition) is 3. The Morgan fingerprint density at radius 3 is 2.37 bits per heavy atom. The Hall–Kier alpha value is -0.380. The molecule has 0 heterocycles. The van der Waals surface area contributed by atoms with Gasteiger partial charge in [0, 0.05) is 3.57 Å². The number of carboxylic acids is 1. The Balaban J connectivity index is 3.21. The molecular formula is C13H14I2O4. The van der Waals surface area contributed by atoms with Crippen LogP contribution in [0.3, 0.4) is 0 Å². The molecule has 0 fully saturated rings. The highest BCUT2D eigenvalue weighted by atomic mass is 127. The molecule has 0 atom stereocenters. The minimum absolute atomic E-state index is 0.0107. The summed E-state index contributed by atoms with van der Waals surface area (Å²) in [5.74, 6) is -1.40. The van der Waals surface area contributed by atoms with Gasteiger partial charge in [-0.1, -0.05) is 6.92 Å². The van der Waals surface area contributed by atoms with Crippen molar-refractivity contribution in [2.45, 2.75) is 27.2 Å². The first-order valence-corrected chi connectivity index (χ1v) is 7.79. The molecule has 104 valence electrons. The van der Waals surface area contributed by atoms with Crippen LogP contribution in [0.15, 0.2) is 12.1 Å². The summed E-state index contributed by atoms with van der Waals surface area (Å²) in [6, 6.07) is 3.27. The van der Waals surface area contributed by atoms with Crippen LogP contribution < -0.4 is 4.74 Å². The number of carbonyl (C=O) groups excluding carboxylic acids is 1. The van der Waals surface area contributed by atoms with Crippen LogP contribution in [-0.4, -0.2) is 17.0 Å². The normalized spacial score (nSPS) is 11.2. The molecule has 0 saturated carbocycles. The number of carbonyl (C=O) groups is 2. The molecule has 1 N–H and O–H groups in total. The summed E-state index contributed by atoms with van der Waals surface area (Å²) < 4.78 is 6.72. The number of ether oxygens (including phenoxy) is 1. The maximum absolute atomic E-state index is 12.1. The number of halogens is 2. The van der Waals surface area contributed by atoms with Crippen molar-refractivity contribution in [2.75, 3.05) is 0 Å². The van der Waals surface area contributed by atoms with E-state index in [4.69, 9.17) is 4.74 Å². The van der Waals surface area contributed by atoms with Gasteiger partial charge in [-0.3, -0.25) is 4.79 Å². The van der Waals surface area contributed by atoms with Crippen molar-refractivity contribution in [3.63, 3.8) is 0 Å². The van der Waals surface area contributed by atoms with E-state index in [1.54, 1.807) is 19.9 Å². The van der Waals surface area contributed by atoms with E-state index in [0.29, 0.717) is 9.99 Å². The van der Waals surface area contributed by atoms with Crippen LogP contribution in [0.1, 0.15) is 37.6 Å². The SMILES string of the molecule is CCC(C)(C)C(=O)Oc1c(I)cc(I)cc1C(=O)O. The van der Waals surface area contributed by atoms with Gasteiger partial charge in [-0.25, -0.2) is 4.79 Å². The van der Waals surface area contributed by atoms with Crippen molar-refractivity contribution in [2.24, 2.45) is 5.41 Å². The fourth-order valence-corrected chi connectivity index (χ4v) is 3.15. The molecule has 6 heteroatoms. The Morgan fingerprint density at radius 1 is 1.32 bits per heavy atom. The summed E-state index contributed by atoms with van der Waals surface area (Å²) in [7, 11) is 0. The molecule has 0 aliphatic heterocycles. The molecule has 1 aromatic carbocycles. The lowest BCUT2D eigenvalue weighted by Gasteiger charge is -2.21. The Bertz CT molecular complexity index is 524. The van der Waals surface area contributed by atoms with Crippen LogP contribution in [-0.2, 0) is 4.79 Å². The zero-order chi connectivity index (χ0) is 14.8. The number of benzene rings is 1. The van der Waals surface area contributed by atoms with Crippen molar-refractivity contribution in [3.05, 3.63) is 24.8 Å². The first-order chi connectivity index (χ1) is 8.69. The Kier molecular flexibility index (Phi) is 5.60. The fraction of sp³-hybridized carbons (Fsp3) is 0.385. The molecule has 0 amide bonds. The van der Waals surface area contributed by atoms with Crippen molar-refractivity contribution < 1.29 is 19.4 Å². The van der Waals surface area contributed by atoms with Gasteiger partial charge < -0.3 is 9.84 Å². The summed E-state index contributed by atoms with van der Waals surface area (Å²) in [5.41, 5.74) is -0.626. The maximum atomic E-state index is 12.1. The number of aromatic carboxylic acids is 1. The van der Waals surface area contributed by atoms with Crippen LogP contribution >= 0.6 is 45.2 Å². The van der Waals surface area contributed by atoms with Crippen molar-refractivity contribution >= 4 is 57.1 Å². The molecule has 0 bridgehead atoms. The highest BCUT2D eigenvalue weighted by Crippen LogP contribution is 2.31.